The third-order valence-electron chi connectivity index (χ3n) is 2.31. The van der Waals surface area contributed by atoms with Crippen molar-refractivity contribution in [2.75, 3.05) is 5.32 Å². The standard InChI is InChI=1S/C13H10FNO4/c14-8-1-3-9(4-2-8)15-13(18)11-6-5-10(19-11)7-12(16)17/h1-6H,7H2,(H,15,18)(H,16,17). The summed E-state index contributed by atoms with van der Waals surface area (Å²) in [5, 5.41) is 11.1. The molecule has 1 aromatic carbocycles. The van der Waals surface area contributed by atoms with E-state index in [1.165, 1.54) is 36.4 Å². The van der Waals surface area contributed by atoms with E-state index in [-0.39, 0.29) is 17.9 Å². The first kappa shape index (κ1) is 12.8. The summed E-state index contributed by atoms with van der Waals surface area (Å²) in [5.74, 6) is -1.78. The van der Waals surface area contributed by atoms with Crippen molar-refractivity contribution < 1.29 is 23.5 Å². The van der Waals surface area contributed by atoms with Crippen LogP contribution in [0.2, 0.25) is 0 Å². The molecule has 2 rings (SSSR count). The molecule has 0 saturated heterocycles. The van der Waals surface area contributed by atoms with E-state index < -0.39 is 17.7 Å². The molecule has 0 spiro atoms. The molecular formula is C13H10FNO4. The Morgan fingerprint density at radius 3 is 2.47 bits per heavy atom. The second-order valence-electron chi connectivity index (χ2n) is 3.80. The normalized spacial score (nSPS) is 10.2. The first-order valence-electron chi connectivity index (χ1n) is 5.42. The van der Waals surface area contributed by atoms with Gasteiger partial charge < -0.3 is 14.8 Å². The van der Waals surface area contributed by atoms with Crippen LogP contribution in [-0.2, 0) is 11.2 Å². The molecule has 0 unspecified atom stereocenters. The number of furan rings is 1. The van der Waals surface area contributed by atoms with Crippen LogP contribution in [0.3, 0.4) is 0 Å². The van der Waals surface area contributed by atoms with Crippen LogP contribution in [0, 0.1) is 5.82 Å². The summed E-state index contributed by atoms with van der Waals surface area (Å²) in [5.41, 5.74) is 0.419. The molecule has 0 saturated carbocycles. The fraction of sp³-hybridized carbons (Fsp3) is 0.0769. The zero-order valence-corrected chi connectivity index (χ0v) is 9.72. The Bertz CT molecular complexity index is 603. The molecule has 1 heterocycles. The summed E-state index contributed by atoms with van der Waals surface area (Å²) in [6.45, 7) is 0. The topological polar surface area (TPSA) is 79.5 Å². The van der Waals surface area contributed by atoms with Crippen LogP contribution >= 0.6 is 0 Å². The summed E-state index contributed by atoms with van der Waals surface area (Å²) < 4.78 is 17.8. The zero-order valence-electron chi connectivity index (χ0n) is 9.72. The van der Waals surface area contributed by atoms with Gasteiger partial charge in [-0.2, -0.15) is 0 Å². The van der Waals surface area contributed by atoms with E-state index in [9.17, 15) is 14.0 Å². The second-order valence-corrected chi connectivity index (χ2v) is 3.80. The molecule has 1 amide bonds. The smallest absolute Gasteiger partial charge is 0.311 e. The number of amides is 1. The quantitative estimate of drug-likeness (QED) is 0.887. The van der Waals surface area contributed by atoms with E-state index in [0.29, 0.717) is 5.69 Å². The van der Waals surface area contributed by atoms with Gasteiger partial charge in [0, 0.05) is 5.69 Å². The molecule has 0 fully saturated rings. The number of carbonyl (C=O) groups is 2. The SMILES string of the molecule is O=C(O)Cc1ccc(C(=O)Nc2ccc(F)cc2)o1. The highest BCUT2D eigenvalue weighted by Crippen LogP contribution is 2.13. The van der Waals surface area contributed by atoms with E-state index in [4.69, 9.17) is 9.52 Å². The molecule has 19 heavy (non-hydrogen) atoms. The lowest BCUT2D eigenvalue weighted by Gasteiger charge is -2.02. The first-order chi connectivity index (χ1) is 9.04. The molecule has 98 valence electrons. The number of rotatable bonds is 4. The number of halogens is 1. The minimum atomic E-state index is -1.04. The molecule has 5 nitrogen and oxygen atoms in total. The Hall–Kier alpha value is -2.63. The summed E-state index contributed by atoms with van der Waals surface area (Å²) in [4.78, 5) is 22.2. The van der Waals surface area contributed by atoms with Gasteiger partial charge in [0.1, 0.15) is 18.0 Å². The van der Waals surface area contributed by atoms with Crippen LogP contribution < -0.4 is 5.32 Å². The highest BCUT2D eigenvalue weighted by Gasteiger charge is 2.13. The fourth-order valence-electron chi connectivity index (χ4n) is 1.47. The number of carboxylic acid groups (broad SMARTS) is 1. The van der Waals surface area contributed by atoms with Crippen molar-refractivity contribution in [3.8, 4) is 0 Å². The number of hydrogen-bond donors (Lipinski definition) is 2. The van der Waals surface area contributed by atoms with Crippen molar-refractivity contribution in [2.24, 2.45) is 0 Å². The van der Waals surface area contributed by atoms with Gasteiger partial charge in [-0.25, -0.2) is 4.39 Å². The van der Waals surface area contributed by atoms with Crippen molar-refractivity contribution in [1.29, 1.82) is 0 Å². The predicted octanol–water partition coefficient (Wildman–Crippen LogP) is 2.30. The first-order valence-corrected chi connectivity index (χ1v) is 5.42. The van der Waals surface area contributed by atoms with Gasteiger partial charge in [0.25, 0.3) is 5.91 Å². The van der Waals surface area contributed by atoms with Crippen LogP contribution in [0.5, 0.6) is 0 Å². The van der Waals surface area contributed by atoms with E-state index in [2.05, 4.69) is 5.32 Å². The van der Waals surface area contributed by atoms with E-state index >= 15 is 0 Å². The minimum Gasteiger partial charge on any atom is -0.481 e. The zero-order chi connectivity index (χ0) is 13.8. The van der Waals surface area contributed by atoms with Crippen LogP contribution in [-0.4, -0.2) is 17.0 Å². The maximum atomic E-state index is 12.7. The molecule has 0 bridgehead atoms. The number of nitrogens with one attached hydrogen (secondary N) is 1. The van der Waals surface area contributed by atoms with E-state index in [1.54, 1.807) is 0 Å². The molecule has 0 aliphatic heterocycles. The Balaban J connectivity index is 2.05. The summed E-state index contributed by atoms with van der Waals surface area (Å²) >= 11 is 0. The molecule has 2 aromatic rings. The monoisotopic (exact) mass is 263 g/mol. The number of anilines is 1. The second kappa shape index (κ2) is 5.34. The predicted molar refractivity (Wildman–Crippen MR) is 64.4 cm³/mol. The average molecular weight is 263 g/mol. The molecule has 0 aliphatic rings. The van der Waals surface area contributed by atoms with Gasteiger partial charge in [0.2, 0.25) is 0 Å². The molecular weight excluding hydrogens is 253 g/mol. The van der Waals surface area contributed by atoms with Crippen LogP contribution in [0.15, 0.2) is 40.8 Å². The van der Waals surface area contributed by atoms with Gasteiger partial charge >= 0.3 is 5.97 Å². The molecule has 0 aliphatic carbocycles. The Morgan fingerprint density at radius 1 is 1.16 bits per heavy atom. The van der Waals surface area contributed by atoms with Crippen LogP contribution in [0.1, 0.15) is 16.3 Å². The summed E-state index contributed by atoms with van der Waals surface area (Å²) in [7, 11) is 0. The fourth-order valence-corrected chi connectivity index (χ4v) is 1.47. The summed E-state index contributed by atoms with van der Waals surface area (Å²) in [6, 6.07) is 8.06. The van der Waals surface area contributed by atoms with Gasteiger partial charge in [0.15, 0.2) is 5.76 Å². The lowest BCUT2D eigenvalue weighted by molar-refractivity contribution is -0.136. The number of benzene rings is 1. The largest absolute Gasteiger partial charge is 0.481 e. The maximum absolute atomic E-state index is 12.7. The van der Waals surface area contributed by atoms with Crippen LogP contribution in [0.4, 0.5) is 10.1 Å². The lowest BCUT2D eigenvalue weighted by Crippen LogP contribution is -2.10. The summed E-state index contributed by atoms with van der Waals surface area (Å²) in [6.07, 6.45) is -0.288. The Morgan fingerprint density at radius 2 is 1.84 bits per heavy atom. The van der Waals surface area contributed by atoms with Gasteiger partial charge in [-0.15, -0.1) is 0 Å². The number of carboxylic acids is 1. The highest BCUT2D eigenvalue weighted by molar-refractivity contribution is 6.02. The highest BCUT2D eigenvalue weighted by atomic mass is 19.1. The van der Waals surface area contributed by atoms with E-state index in [0.717, 1.165) is 0 Å². The van der Waals surface area contributed by atoms with Crippen molar-refractivity contribution in [3.63, 3.8) is 0 Å². The van der Waals surface area contributed by atoms with Gasteiger partial charge in [-0.05, 0) is 36.4 Å². The van der Waals surface area contributed by atoms with Crippen molar-refractivity contribution in [3.05, 3.63) is 53.7 Å². The van der Waals surface area contributed by atoms with Crippen molar-refractivity contribution >= 4 is 17.6 Å². The maximum Gasteiger partial charge on any atom is 0.311 e. The van der Waals surface area contributed by atoms with Crippen molar-refractivity contribution in [2.45, 2.75) is 6.42 Å². The lowest BCUT2D eigenvalue weighted by atomic mass is 10.3. The molecule has 1 aromatic heterocycles. The number of carbonyl (C=O) groups excluding carboxylic acids is 1. The molecule has 2 N–H and O–H groups in total. The minimum absolute atomic E-state index is 0.000532. The Labute approximate surface area is 107 Å². The van der Waals surface area contributed by atoms with Gasteiger partial charge in [-0.3, -0.25) is 9.59 Å². The van der Waals surface area contributed by atoms with E-state index in [1.807, 2.05) is 0 Å². The number of aliphatic carboxylic acids is 1. The van der Waals surface area contributed by atoms with Crippen molar-refractivity contribution in [1.82, 2.24) is 0 Å². The van der Waals surface area contributed by atoms with Gasteiger partial charge in [0.05, 0.1) is 0 Å². The molecule has 6 heteroatoms. The molecule has 0 atom stereocenters. The third kappa shape index (κ3) is 3.41. The average Bonchev–Trinajstić information content (AvgIpc) is 2.80. The van der Waals surface area contributed by atoms with Gasteiger partial charge in [-0.1, -0.05) is 0 Å². The van der Waals surface area contributed by atoms with Crippen LogP contribution in [0.25, 0.3) is 0 Å². The number of hydrogen-bond acceptors (Lipinski definition) is 3. The molecule has 0 radical (unpaired) electrons. The third-order valence-corrected chi connectivity index (χ3v) is 2.31. The Kier molecular flexibility index (Phi) is 3.61.